The Morgan fingerprint density at radius 1 is 1.05 bits per heavy atom. The van der Waals surface area contributed by atoms with Gasteiger partial charge in [0.05, 0.1) is 6.04 Å². The lowest BCUT2D eigenvalue weighted by molar-refractivity contribution is 0.0960. The number of nitrogens with one attached hydrogen (secondary N) is 1. The van der Waals surface area contributed by atoms with Crippen molar-refractivity contribution in [3.63, 3.8) is 0 Å². The third kappa shape index (κ3) is 2.14. The summed E-state index contributed by atoms with van der Waals surface area (Å²) in [6.07, 6.45) is 2.26. The Hall–Kier alpha value is -2.09. The third-order valence-corrected chi connectivity index (χ3v) is 3.64. The molecule has 0 spiro atoms. The molecular formula is C17H17NO. The summed E-state index contributed by atoms with van der Waals surface area (Å²) in [7, 11) is 0. The number of amides is 1. The lowest BCUT2D eigenvalue weighted by Gasteiger charge is -2.12. The molecule has 0 saturated carbocycles. The quantitative estimate of drug-likeness (QED) is 0.889. The van der Waals surface area contributed by atoms with E-state index in [0.29, 0.717) is 0 Å². The van der Waals surface area contributed by atoms with Crippen LogP contribution in [0.15, 0.2) is 48.5 Å². The first kappa shape index (κ1) is 12.0. The number of hydrogen-bond donors (Lipinski definition) is 1. The van der Waals surface area contributed by atoms with E-state index in [4.69, 9.17) is 0 Å². The maximum absolute atomic E-state index is 11.9. The minimum absolute atomic E-state index is 0.000577. The normalized spacial score (nSPS) is 17.1. The molecule has 0 fully saturated rings. The van der Waals surface area contributed by atoms with Crippen molar-refractivity contribution >= 4 is 5.91 Å². The van der Waals surface area contributed by atoms with Crippen LogP contribution >= 0.6 is 0 Å². The van der Waals surface area contributed by atoms with E-state index in [0.717, 1.165) is 29.5 Å². The maximum Gasteiger partial charge on any atom is 0.252 e. The molecule has 0 bridgehead atoms. The van der Waals surface area contributed by atoms with Crippen molar-refractivity contribution in [3.8, 4) is 0 Å². The number of rotatable bonds is 3. The number of carbonyl (C=O) groups is 1. The van der Waals surface area contributed by atoms with Gasteiger partial charge in [0, 0.05) is 5.56 Å². The second-order valence-corrected chi connectivity index (χ2v) is 4.99. The number of aryl methyl sites for hydroxylation is 1. The standard InChI is InChI=1S/C17H17NO/c1-2-5-12-8-10-13(11-9-12)16-14-6-3-4-7-15(14)17(19)18-16/h3-4,6-11,16H,2,5H2,1H3,(H,18,19). The van der Waals surface area contributed by atoms with E-state index in [1.54, 1.807) is 0 Å². The molecule has 0 saturated heterocycles. The van der Waals surface area contributed by atoms with E-state index in [2.05, 4.69) is 36.5 Å². The van der Waals surface area contributed by atoms with Crippen LogP contribution in [0.5, 0.6) is 0 Å². The van der Waals surface area contributed by atoms with Crippen molar-refractivity contribution in [2.24, 2.45) is 0 Å². The van der Waals surface area contributed by atoms with Crippen molar-refractivity contribution in [1.82, 2.24) is 5.32 Å². The fourth-order valence-corrected chi connectivity index (χ4v) is 2.67. The van der Waals surface area contributed by atoms with Crippen molar-refractivity contribution in [2.75, 3.05) is 0 Å². The SMILES string of the molecule is CCCc1ccc(C2NC(=O)c3ccccc32)cc1. The molecule has 1 aliphatic rings. The van der Waals surface area contributed by atoms with Crippen LogP contribution in [0, 0.1) is 0 Å². The van der Waals surface area contributed by atoms with E-state index in [1.807, 2.05) is 24.3 Å². The Bertz CT molecular complexity index is 601. The van der Waals surface area contributed by atoms with Crippen molar-refractivity contribution < 1.29 is 4.79 Å². The molecule has 2 nitrogen and oxygen atoms in total. The number of hydrogen-bond acceptors (Lipinski definition) is 1. The second-order valence-electron chi connectivity index (χ2n) is 4.99. The van der Waals surface area contributed by atoms with Gasteiger partial charge in [-0.3, -0.25) is 4.79 Å². The fraction of sp³-hybridized carbons (Fsp3) is 0.235. The third-order valence-electron chi connectivity index (χ3n) is 3.64. The first-order chi connectivity index (χ1) is 9.29. The van der Waals surface area contributed by atoms with Gasteiger partial charge in [-0.2, -0.15) is 0 Å². The fourth-order valence-electron chi connectivity index (χ4n) is 2.67. The van der Waals surface area contributed by atoms with Crippen molar-refractivity contribution in [3.05, 3.63) is 70.8 Å². The number of carbonyl (C=O) groups excluding carboxylic acids is 1. The highest BCUT2D eigenvalue weighted by molar-refractivity contribution is 5.99. The zero-order valence-electron chi connectivity index (χ0n) is 11.0. The highest BCUT2D eigenvalue weighted by atomic mass is 16.2. The molecular weight excluding hydrogens is 234 g/mol. The summed E-state index contributed by atoms with van der Waals surface area (Å²) >= 11 is 0. The molecule has 0 aliphatic carbocycles. The van der Waals surface area contributed by atoms with Crippen molar-refractivity contribution in [1.29, 1.82) is 0 Å². The van der Waals surface area contributed by atoms with Gasteiger partial charge in [0.2, 0.25) is 0 Å². The van der Waals surface area contributed by atoms with Gasteiger partial charge in [-0.1, -0.05) is 55.8 Å². The number of benzene rings is 2. The first-order valence-electron chi connectivity index (χ1n) is 6.78. The highest BCUT2D eigenvalue weighted by Gasteiger charge is 2.28. The molecule has 1 heterocycles. The van der Waals surface area contributed by atoms with Crippen LogP contribution < -0.4 is 5.32 Å². The van der Waals surface area contributed by atoms with Crippen LogP contribution in [0.1, 0.15) is 46.4 Å². The van der Waals surface area contributed by atoms with E-state index in [1.165, 1.54) is 5.56 Å². The highest BCUT2D eigenvalue weighted by Crippen LogP contribution is 2.30. The predicted octanol–water partition coefficient (Wildman–Crippen LogP) is 3.47. The number of fused-ring (bicyclic) bond motifs is 1. The Balaban J connectivity index is 1.93. The van der Waals surface area contributed by atoms with Gasteiger partial charge in [-0.15, -0.1) is 0 Å². The molecule has 0 aromatic heterocycles. The van der Waals surface area contributed by atoms with E-state index >= 15 is 0 Å². The summed E-state index contributed by atoms with van der Waals surface area (Å²) in [6, 6.07) is 16.4. The van der Waals surface area contributed by atoms with Crippen LogP contribution in [0.3, 0.4) is 0 Å². The second kappa shape index (κ2) is 4.88. The Labute approximate surface area is 113 Å². The van der Waals surface area contributed by atoms with Gasteiger partial charge in [0.15, 0.2) is 0 Å². The van der Waals surface area contributed by atoms with Gasteiger partial charge in [0.1, 0.15) is 0 Å². The lowest BCUT2D eigenvalue weighted by Crippen LogP contribution is -2.19. The summed E-state index contributed by atoms with van der Waals surface area (Å²) in [4.78, 5) is 11.9. The molecule has 1 aliphatic heterocycles. The van der Waals surface area contributed by atoms with Crippen LogP contribution in [0.4, 0.5) is 0 Å². The van der Waals surface area contributed by atoms with Crippen molar-refractivity contribution in [2.45, 2.75) is 25.8 Å². The molecule has 1 N–H and O–H groups in total. The Morgan fingerprint density at radius 2 is 1.79 bits per heavy atom. The molecule has 0 radical (unpaired) electrons. The van der Waals surface area contributed by atoms with Crippen LogP contribution in [0.2, 0.25) is 0 Å². The molecule has 1 amide bonds. The van der Waals surface area contributed by atoms with Gasteiger partial charge >= 0.3 is 0 Å². The van der Waals surface area contributed by atoms with Gasteiger partial charge < -0.3 is 5.32 Å². The molecule has 2 aromatic carbocycles. The summed E-state index contributed by atoms with van der Waals surface area (Å²) in [5.41, 5.74) is 4.38. The predicted molar refractivity (Wildman–Crippen MR) is 76.2 cm³/mol. The summed E-state index contributed by atoms with van der Waals surface area (Å²) in [5, 5.41) is 3.05. The summed E-state index contributed by atoms with van der Waals surface area (Å²) < 4.78 is 0. The molecule has 2 heteroatoms. The van der Waals surface area contributed by atoms with Gasteiger partial charge in [-0.25, -0.2) is 0 Å². The molecule has 2 aromatic rings. The van der Waals surface area contributed by atoms with Crippen LogP contribution in [0.25, 0.3) is 0 Å². The van der Waals surface area contributed by atoms with Gasteiger partial charge in [-0.05, 0) is 29.2 Å². The molecule has 19 heavy (non-hydrogen) atoms. The molecule has 96 valence electrons. The van der Waals surface area contributed by atoms with E-state index < -0.39 is 0 Å². The topological polar surface area (TPSA) is 29.1 Å². The average molecular weight is 251 g/mol. The molecule has 3 rings (SSSR count). The lowest BCUT2D eigenvalue weighted by atomic mass is 9.97. The maximum atomic E-state index is 11.9. The van der Waals surface area contributed by atoms with Crippen LogP contribution in [-0.4, -0.2) is 5.91 Å². The minimum atomic E-state index is -0.000577. The minimum Gasteiger partial charge on any atom is -0.341 e. The van der Waals surface area contributed by atoms with E-state index in [9.17, 15) is 4.79 Å². The average Bonchev–Trinajstić information content (AvgIpc) is 2.78. The zero-order valence-corrected chi connectivity index (χ0v) is 11.0. The van der Waals surface area contributed by atoms with Crippen LogP contribution in [-0.2, 0) is 6.42 Å². The smallest absolute Gasteiger partial charge is 0.252 e. The summed E-state index contributed by atoms with van der Waals surface area (Å²) in [5.74, 6) is 0.0261. The zero-order chi connectivity index (χ0) is 13.2. The molecule has 1 atom stereocenters. The molecule has 1 unspecified atom stereocenters. The largest absolute Gasteiger partial charge is 0.341 e. The van der Waals surface area contributed by atoms with E-state index in [-0.39, 0.29) is 11.9 Å². The summed E-state index contributed by atoms with van der Waals surface area (Å²) in [6.45, 7) is 2.18. The Morgan fingerprint density at radius 3 is 2.53 bits per heavy atom. The van der Waals surface area contributed by atoms with Gasteiger partial charge in [0.25, 0.3) is 5.91 Å². The first-order valence-corrected chi connectivity index (χ1v) is 6.78. The Kier molecular flexibility index (Phi) is 3.08. The monoisotopic (exact) mass is 251 g/mol.